The van der Waals surface area contributed by atoms with Crippen molar-refractivity contribution in [1.29, 1.82) is 0 Å². The van der Waals surface area contributed by atoms with E-state index < -0.39 is 36.3 Å². The van der Waals surface area contributed by atoms with Crippen LogP contribution in [-0.2, 0) is 20.5 Å². The molecule has 3 rings (SSSR count). The molecular formula is C25H20F3NO3. The van der Waals surface area contributed by atoms with E-state index in [2.05, 4.69) is 5.32 Å². The number of halogens is 3. The van der Waals surface area contributed by atoms with E-state index in [1.54, 1.807) is 0 Å². The number of esters is 1. The van der Waals surface area contributed by atoms with Crippen LogP contribution < -0.4 is 5.32 Å². The molecule has 0 saturated heterocycles. The van der Waals surface area contributed by atoms with Gasteiger partial charge in [0.25, 0.3) is 5.91 Å². The van der Waals surface area contributed by atoms with E-state index in [-0.39, 0.29) is 5.56 Å². The molecule has 32 heavy (non-hydrogen) atoms. The second-order valence-corrected chi connectivity index (χ2v) is 6.89. The number of hydrogen-bond donors (Lipinski definition) is 1. The molecule has 0 aliphatic carbocycles. The van der Waals surface area contributed by atoms with Crippen molar-refractivity contribution < 1.29 is 27.5 Å². The van der Waals surface area contributed by atoms with E-state index in [0.29, 0.717) is 0 Å². The zero-order valence-corrected chi connectivity index (χ0v) is 16.9. The van der Waals surface area contributed by atoms with Crippen LogP contribution in [-0.4, -0.2) is 18.5 Å². The van der Waals surface area contributed by atoms with E-state index in [4.69, 9.17) is 4.74 Å². The Hall–Kier alpha value is -3.87. The fourth-order valence-corrected chi connectivity index (χ4v) is 3.02. The Morgan fingerprint density at radius 2 is 1.47 bits per heavy atom. The minimum Gasteiger partial charge on any atom is -0.452 e. The quantitative estimate of drug-likeness (QED) is 0.408. The summed E-state index contributed by atoms with van der Waals surface area (Å²) < 4.78 is 43.2. The standard InChI is InChI=1S/C25H20F3NO3/c26-25(27,28)21-13-7-8-18(16-21)14-15-23(31)32-17-22(30)29-24(19-9-3-1-4-10-19)20-11-5-2-6-12-20/h1-16,24H,17H2,(H,29,30). The molecule has 0 aliphatic rings. The molecule has 1 N–H and O–H groups in total. The van der Waals surface area contributed by atoms with Crippen LogP contribution in [0.2, 0.25) is 0 Å². The third-order valence-electron chi connectivity index (χ3n) is 4.54. The van der Waals surface area contributed by atoms with E-state index in [0.717, 1.165) is 29.3 Å². The number of carbonyl (C=O) groups is 2. The topological polar surface area (TPSA) is 55.4 Å². The van der Waals surface area contributed by atoms with Crippen molar-refractivity contribution in [2.75, 3.05) is 6.61 Å². The molecule has 0 radical (unpaired) electrons. The Bertz CT molecular complexity index is 1040. The van der Waals surface area contributed by atoms with Gasteiger partial charge in [-0.2, -0.15) is 13.2 Å². The second kappa shape index (κ2) is 10.4. The summed E-state index contributed by atoms with van der Waals surface area (Å²) in [5.74, 6) is -1.35. The Balaban J connectivity index is 1.60. The summed E-state index contributed by atoms with van der Waals surface area (Å²) in [5, 5.41) is 2.84. The predicted molar refractivity (Wildman–Crippen MR) is 114 cm³/mol. The molecule has 0 bridgehead atoms. The molecule has 0 unspecified atom stereocenters. The normalized spacial score (nSPS) is 11.5. The lowest BCUT2D eigenvalue weighted by Gasteiger charge is -2.19. The monoisotopic (exact) mass is 439 g/mol. The molecule has 0 saturated carbocycles. The third-order valence-corrected chi connectivity index (χ3v) is 4.54. The highest BCUT2D eigenvalue weighted by atomic mass is 19.4. The summed E-state index contributed by atoms with van der Waals surface area (Å²) in [6.07, 6.45) is -2.29. The van der Waals surface area contributed by atoms with Gasteiger partial charge in [-0.1, -0.05) is 72.8 Å². The largest absolute Gasteiger partial charge is 0.452 e. The van der Waals surface area contributed by atoms with E-state index >= 15 is 0 Å². The third kappa shape index (κ3) is 6.57. The van der Waals surface area contributed by atoms with Crippen LogP contribution in [0.1, 0.15) is 28.3 Å². The highest BCUT2D eigenvalue weighted by Crippen LogP contribution is 2.29. The molecule has 164 valence electrons. The minimum atomic E-state index is -4.48. The summed E-state index contributed by atoms with van der Waals surface area (Å²) in [6, 6.07) is 22.8. The highest BCUT2D eigenvalue weighted by Gasteiger charge is 2.30. The molecular weight excluding hydrogens is 419 g/mol. The number of rotatable bonds is 7. The van der Waals surface area contributed by atoms with E-state index in [1.165, 1.54) is 18.2 Å². The van der Waals surface area contributed by atoms with Gasteiger partial charge in [-0.05, 0) is 34.9 Å². The zero-order valence-electron chi connectivity index (χ0n) is 16.9. The van der Waals surface area contributed by atoms with Gasteiger partial charge in [-0.15, -0.1) is 0 Å². The number of nitrogens with one attached hydrogen (secondary N) is 1. The SMILES string of the molecule is O=C(COC(=O)C=Cc1cccc(C(F)(F)F)c1)NC(c1ccccc1)c1ccccc1. The Morgan fingerprint density at radius 3 is 2.03 bits per heavy atom. The Kier molecular flexibility index (Phi) is 7.44. The van der Waals surface area contributed by atoms with Crippen molar-refractivity contribution in [3.8, 4) is 0 Å². The number of alkyl halides is 3. The van der Waals surface area contributed by atoms with Gasteiger partial charge in [-0.25, -0.2) is 4.79 Å². The molecule has 0 heterocycles. The van der Waals surface area contributed by atoms with Crippen LogP contribution in [0.25, 0.3) is 6.08 Å². The van der Waals surface area contributed by atoms with Crippen LogP contribution in [0, 0.1) is 0 Å². The predicted octanol–water partition coefficient (Wildman–Crippen LogP) is 5.17. The van der Waals surface area contributed by atoms with Gasteiger partial charge in [0.1, 0.15) is 0 Å². The van der Waals surface area contributed by atoms with Gasteiger partial charge in [-0.3, -0.25) is 4.79 Å². The van der Waals surface area contributed by atoms with Crippen molar-refractivity contribution in [1.82, 2.24) is 5.32 Å². The lowest BCUT2D eigenvalue weighted by Crippen LogP contribution is -2.32. The minimum absolute atomic E-state index is 0.189. The second-order valence-electron chi connectivity index (χ2n) is 6.89. The van der Waals surface area contributed by atoms with Crippen LogP contribution in [0.3, 0.4) is 0 Å². The van der Waals surface area contributed by atoms with Gasteiger partial charge in [0.05, 0.1) is 11.6 Å². The number of hydrogen-bond acceptors (Lipinski definition) is 3. The first-order valence-corrected chi connectivity index (χ1v) is 9.74. The molecule has 4 nitrogen and oxygen atoms in total. The van der Waals surface area contributed by atoms with Crippen LogP contribution in [0.4, 0.5) is 13.2 Å². The lowest BCUT2D eigenvalue weighted by molar-refractivity contribution is -0.143. The molecule has 1 amide bonds. The Labute approximate surface area is 183 Å². The van der Waals surface area contributed by atoms with Gasteiger partial charge < -0.3 is 10.1 Å². The maximum absolute atomic E-state index is 12.8. The molecule has 3 aromatic carbocycles. The number of carbonyl (C=O) groups excluding carboxylic acids is 2. The zero-order chi connectivity index (χ0) is 23.0. The summed E-state index contributed by atoms with van der Waals surface area (Å²) in [6.45, 7) is -0.526. The number of benzene rings is 3. The summed E-state index contributed by atoms with van der Waals surface area (Å²) in [5.41, 5.74) is 1.10. The first-order valence-electron chi connectivity index (χ1n) is 9.74. The van der Waals surface area contributed by atoms with E-state index in [9.17, 15) is 22.8 Å². The maximum Gasteiger partial charge on any atom is 0.416 e. The molecule has 0 atom stereocenters. The van der Waals surface area contributed by atoms with E-state index in [1.807, 2.05) is 60.7 Å². The average molecular weight is 439 g/mol. The summed E-state index contributed by atoms with van der Waals surface area (Å²) in [4.78, 5) is 24.3. The molecule has 7 heteroatoms. The van der Waals surface area contributed by atoms with Crippen molar-refractivity contribution in [3.05, 3.63) is 113 Å². The van der Waals surface area contributed by atoms with Gasteiger partial charge in [0, 0.05) is 6.08 Å². The van der Waals surface area contributed by atoms with Crippen LogP contribution >= 0.6 is 0 Å². The van der Waals surface area contributed by atoms with Gasteiger partial charge >= 0.3 is 12.1 Å². The average Bonchev–Trinajstić information content (AvgIpc) is 2.80. The van der Waals surface area contributed by atoms with Crippen molar-refractivity contribution >= 4 is 18.0 Å². The number of ether oxygens (including phenoxy) is 1. The maximum atomic E-state index is 12.8. The van der Waals surface area contributed by atoms with Gasteiger partial charge in [0.15, 0.2) is 6.61 Å². The first-order chi connectivity index (χ1) is 15.3. The van der Waals surface area contributed by atoms with Crippen molar-refractivity contribution in [3.63, 3.8) is 0 Å². The molecule has 0 aliphatic heterocycles. The fourth-order valence-electron chi connectivity index (χ4n) is 3.02. The summed E-state index contributed by atoms with van der Waals surface area (Å²) >= 11 is 0. The van der Waals surface area contributed by atoms with Gasteiger partial charge in [0.2, 0.25) is 0 Å². The van der Waals surface area contributed by atoms with Crippen molar-refractivity contribution in [2.45, 2.75) is 12.2 Å². The molecule has 0 fully saturated rings. The first kappa shape index (κ1) is 22.8. The van der Waals surface area contributed by atoms with Crippen molar-refractivity contribution in [2.24, 2.45) is 0 Å². The Morgan fingerprint density at radius 1 is 0.875 bits per heavy atom. The molecule has 3 aromatic rings. The fraction of sp³-hybridized carbons (Fsp3) is 0.120. The van der Waals surface area contributed by atoms with Crippen LogP contribution in [0.5, 0.6) is 0 Å². The summed E-state index contributed by atoms with van der Waals surface area (Å²) in [7, 11) is 0. The lowest BCUT2D eigenvalue weighted by atomic mass is 9.99. The number of amides is 1. The smallest absolute Gasteiger partial charge is 0.416 e. The molecule has 0 spiro atoms. The molecule has 0 aromatic heterocycles. The highest BCUT2D eigenvalue weighted by molar-refractivity contribution is 5.89. The van der Waals surface area contributed by atoms with Crippen LogP contribution in [0.15, 0.2) is 91.0 Å².